The molecule has 1 aliphatic rings. The highest BCUT2D eigenvalue weighted by atomic mass is 16.7. The van der Waals surface area contributed by atoms with Gasteiger partial charge in [0.2, 0.25) is 12.4 Å². The summed E-state index contributed by atoms with van der Waals surface area (Å²) in [7, 11) is 0. The lowest BCUT2D eigenvalue weighted by molar-refractivity contribution is -0.197. The molecule has 4 atom stereocenters. The maximum atomic E-state index is 11.4. The van der Waals surface area contributed by atoms with Crippen molar-refractivity contribution in [2.45, 2.75) is 78.0 Å². The Bertz CT molecular complexity index is 450. The zero-order chi connectivity index (χ0) is 18.8. The Hall–Kier alpha value is -1.67. The molecule has 0 amide bonds. The second-order valence-corrected chi connectivity index (χ2v) is 5.94. The van der Waals surface area contributed by atoms with Gasteiger partial charge in [0.05, 0.1) is 6.61 Å². The Morgan fingerprint density at radius 2 is 1.44 bits per heavy atom. The van der Waals surface area contributed by atoms with E-state index < -0.39 is 42.5 Å². The van der Waals surface area contributed by atoms with Gasteiger partial charge in [-0.3, -0.25) is 14.4 Å². The van der Waals surface area contributed by atoms with E-state index in [2.05, 4.69) is 6.92 Å². The SMILES string of the molecule is CCCCCCOC[C@H]1O[C@H](OC(C)=O)[C@H](OC(C)=O)[C@@H]1OC(C)=O. The molecular weight excluding hydrogens is 332 g/mol. The number of ether oxygens (including phenoxy) is 5. The van der Waals surface area contributed by atoms with Crippen LogP contribution in [0.25, 0.3) is 0 Å². The van der Waals surface area contributed by atoms with E-state index in [0.717, 1.165) is 25.7 Å². The Labute approximate surface area is 148 Å². The molecule has 8 nitrogen and oxygen atoms in total. The normalized spacial score (nSPS) is 25.4. The van der Waals surface area contributed by atoms with E-state index in [4.69, 9.17) is 23.7 Å². The molecule has 0 spiro atoms. The first-order valence-corrected chi connectivity index (χ1v) is 8.60. The van der Waals surface area contributed by atoms with E-state index in [0.29, 0.717) is 6.61 Å². The molecule has 1 rings (SSSR count). The minimum atomic E-state index is -1.14. The molecular formula is C17H28O8. The monoisotopic (exact) mass is 360 g/mol. The molecule has 0 aromatic rings. The van der Waals surface area contributed by atoms with E-state index in [1.165, 1.54) is 20.8 Å². The van der Waals surface area contributed by atoms with Crippen molar-refractivity contribution < 1.29 is 38.1 Å². The van der Waals surface area contributed by atoms with Crippen LogP contribution in [-0.2, 0) is 38.1 Å². The van der Waals surface area contributed by atoms with Crippen LogP contribution in [0.3, 0.4) is 0 Å². The predicted octanol–water partition coefficient (Wildman–Crippen LogP) is 1.73. The molecule has 1 saturated heterocycles. The summed E-state index contributed by atoms with van der Waals surface area (Å²) in [6.07, 6.45) is 0.501. The molecule has 8 heteroatoms. The summed E-state index contributed by atoms with van der Waals surface area (Å²) in [6, 6.07) is 0. The third-order valence-corrected chi connectivity index (χ3v) is 3.58. The molecule has 0 aliphatic carbocycles. The molecule has 25 heavy (non-hydrogen) atoms. The van der Waals surface area contributed by atoms with Gasteiger partial charge in [-0.05, 0) is 6.42 Å². The van der Waals surface area contributed by atoms with Crippen molar-refractivity contribution in [1.82, 2.24) is 0 Å². The lowest BCUT2D eigenvalue weighted by Crippen LogP contribution is -2.41. The predicted molar refractivity (Wildman–Crippen MR) is 86.5 cm³/mol. The highest BCUT2D eigenvalue weighted by Gasteiger charge is 2.51. The fourth-order valence-electron chi connectivity index (χ4n) is 2.57. The summed E-state index contributed by atoms with van der Waals surface area (Å²) in [5.41, 5.74) is 0. The van der Waals surface area contributed by atoms with Gasteiger partial charge in [0, 0.05) is 27.4 Å². The average Bonchev–Trinajstić information content (AvgIpc) is 2.79. The standard InChI is InChI=1S/C17H28O8/c1-5-6-7-8-9-21-10-14-15(22-11(2)18)16(23-12(3)19)17(25-14)24-13(4)20/h14-17H,5-10H2,1-4H3/t14-,15-,16-,17+/m1/s1. The molecule has 1 fully saturated rings. The van der Waals surface area contributed by atoms with Crippen molar-refractivity contribution >= 4 is 17.9 Å². The van der Waals surface area contributed by atoms with Gasteiger partial charge in [0.25, 0.3) is 0 Å². The van der Waals surface area contributed by atoms with Crippen molar-refractivity contribution in [3.63, 3.8) is 0 Å². The minimum absolute atomic E-state index is 0.138. The van der Waals surface area contributed by atoms with Crippen molar-refractivity contribution in [3.8, 4) is 0 Å². The van der Waals surface area contributed by atoms with Crippen LogP contribution in [0.4, 0.5) is 0 Å². The van der Waals surface area contributed by atoms with Gasteiger partial charge in [-0.25, -0.2) is 0 Å². The smallest absolute Gasteiger partial charge is 0.305 e. The van der Waals surface area contributed by atoms with Crippen LogP contribution in [0.5, 0.6) is 0 Å². The summed E-state index contributed by atoms with van der Waals surface area (Å²) in [5.74, 6) is -1.74. The van der Waals surface area contributed by atoms with E-state index in [1.54, 1.807) is 0 Å². The molecule has 144 valence electrons. The van der Waals surface area contributed by atoms with Crippen LogP contribution in [0.2, 0.25) is 0 Å². The average molecular weight is 360 g/mol. The van der Waals surface area contributed by atoms with Crippen LogP contribution in [0, 0.1) is 0 Å². The molecule has 0 saturated carbocycles. The fourth-order valence-corrected chi connectivity index (χ4v) is 2.57. The van der Waals surface area contributed by atoms with Gasteiger partial charge in [-0.2, -0.15) is 0 Å². The molecule has 0 bridgehead atoms. The van der Waals surface area contributed by atoms with Crippen molar-refractivity contribution in [3.05, 3.63) is 0 Å². The Morgan fingerprint density at radius 3 is 2.00 bits per heavy atom. The van der Waals surface area contributed by atoms with Gasteiger partial charge in [0.15, 0.2) is 6.10 Å². The third kappa shape index (κ3) is 7.83. The maximum absolute atomic E-state index is 11.4. The van der Waals surface area contributed by atoms with E-state index in [1.807, 2.05) is 0 Å². The molecule has 1 aliphatic heterocycles. The number of carbonyl (C=O) groups is 3. The summed E-state index contributed by atoms with van der Waals surface area (Å²) in [6.45, 7) is 6.48. The zero-order valence-electron chi connectivity index (χ0n) is 15.3. The van der Waals surface area contributed by atoms with E-state index in [9.17, 15) is 14.4 Å². The van der Waals surface area contributed by atoms with Gasteiger partial charge in [-0.1, -0.05) is 26.2 Å². The maximum Gasteiger partial charge on any atom is 0.305 e. The second-order valence-electron chi connectivity index (χ2n) is 5.94. The number of hydrogen-bond acceptors (Lipinski definition) is 8. The number of unbranched alkanes of at least 4 members (excludes halogenated alkanes) is 3. The summed E-state index contributed by atoms with van der Waals surface area (Å²) >= 11 is 0. The van der Waals surface area contributed by atoms with Crippen LogP contribution in [0.1, 0.15) is 53.4 Å². The Morgan fingerprint density at radius 1 is 0.840 bits per heavy atom. The van der Waals surface area contributed by atoms with Gasteiger partial charge >= 0.3 is 17.9 Å². The Balaban J connectivity index is 2.69. The molecule has 0 aromatic heterocycles. The lowest BCUT2D eigenvalue weighted by atomic mass is 10.1. The second kappa shape index (κ2) is 11.0. The highest BCUT2D eigenvalue weighted by Crippen LogP contribution is 2.28. The highest BCUT2D eigenvalue weighted by molar-refractivity contribution is 5.68. The summed E-state index contributed by atoms with van der Waals surface area (Å²) in [5, 5.41) is 0. The molecule has 0 aromatic carbocycles. The molecule has 0 N–H and O–H groups in total. The number of esters is 3. The topological polar surface area (TPSA) is 97.4 Å². The van der Waals surface area contributed by atoms with E-state index in [-0.39, 0.29) is 6.61 Å². The summed E-state index contributed by atoms with van der Waals surface area (Å²) < 4.78 is 26.6. The van der Waals surface area contributed by atoms with Crippen molar-refractivity contribution in [2.75, 3.05) is 13.2 Å². The first-order chi connectivity index (χ1) is 11.8. The van der Waals surface area contributed by atoms with Gasteiger partial charge in [0.1, 0.15) is 6.10 Å². The minimum Gasteiger partial charge on any atom is -0.455 e. The van der Waals surface area contributed by atoms with Crippen molar-refractivity contribution in [1.29, 1.82) is 0 Å². The van der Waals surface area contributed by atoms with Crippen molar-refractivity contribution in [2.24, 2.45) is 0 Å². The third-order valence-electron chi connectivity index (χ3n) is 3.58. The van der Waals surface area contributed by atoms with Crippen LogP contribution in [-0.4, -0.2) is 55.7 Å². The van der Waals surface area contributed by atoms with E-state index >= 15 is 0 Å². The molecule has 0 radical (unpaired) electrons. The Kier molecular flexibility index (Phi) is 9.44. The fraction of sp³-hybridized carbons (Fsp3) is 0.824. The van der Waals surface area contributed by atoms with Crippen LogP contribution < -0.4 is 0 Å². The number of carbonyl (C=O) groups excluding carboxylic acids is 3. The molecule has 0 unspecified atom stereocenters. The molecule has 1 heterocycles. The zero-order valence-corrected chi connectivity index (χ0v) is 15.3. The first-order valence-electron chi connectivity index (χ1n) is 8.60. The number of rotatable bonds is 10. The van der Waals surface area contributed by atoms with Crippen LogP contribution >= 0.6 is 0 Å². The largest absolute Gasteiger partial charge is 0.455 e. The first kappa shape index (κ1) is 21.4. The quantitative estimate of drug-likeness (QED) is 0.330. The van der Waals surface area contributed by atoms with Crippen LogP contribution in [0.15, 0.2) is 0 Å². The number of hydrogen-bond donors (Lipinski definition) is 0. The van der Waals surface area contributed by atoms with Gasteiger partial charge in [-0.15, -0.1) is 0 Å². The summed E-state index contributed by atoms with van der Waals surface area (Å²) in [4.78, 5) is 34.0. The van der Waals surface area contributed by atoms with Gasteiger partial charge < -0.3 is 23.7 Å². The lowest BCUT2D eigenvalue weighted by Gasteiger charge is -2.22.